The van der Waals surface area contributed by atoms with E-state index in [0.29, 0.717) is 0 Å². The van der Waals surface area contributed by atoms with Crippen molar-refractivity contribution in [2.24, 2.45) is 0 Å². The molecule has 0 aliphatic carbocycles. The summed E-state index contributed by atoms with van der Waals surface area (Å²) in [5.74, 6) is 0. The fraction of sp³-hybridized carbons (Fsp3) is 0. The Kier molecular flexibility index (Phi) is 3.33. The molecule has 0 atom stereocenters. The zero-order chi connectivity index (χ0) is 20.4. The van der Waals surface area contributed by atoms with Crippen LogP contribution in [0.4, 0.5) is 0 Å². The molecular formula is C30H19N. The first-order chi connectivity index (χ1) is 15.4. The molecule has 1 aromatic heterocycles. The summed E-state index contributed by atoms with van der Waals surface area (Å²) in [5.41, 5.74) is 3.72. The van der Waals surface area contributed by atoms with E-state index in [-0.39, 0.29) is 0 Å². The van der Waals surface area contributed by atoms with Crippen LogP contribution in [0.2, 0.25) is 0 Å². The molecule has 0 aliphatic rings. The first-order valence-corrected chi connectivity index (χ1v) is 10.7. The molecule has 0 aliphatic heterocycles. The predicted octanol–water partition coefficient (Wildman–Crippen LogP) is 8.24. The largest absolute Gasteiger partial charge is 0.309 e. The molecule has 0 unspecified atom stereocenters. The average molecular weight is 393 g/mol. The summed E-state index contributed by atoms with van der Waals surface area (Å²) in [5, 5.41) is 10.5. The van der Waals surface area contributed by atoms with E-state index in [1.165, 1.54) is 59.8 Å². The second-order valence-corrected chi connectivity index (χ2v) is 8.17. The van der Waals surface area contributed by atoms with E-state index in [1.807, 2.05) is 0 Å². The maximum atomic E-state index is 2.43. The average Bonchev–Trinajstić information content (AvgIpc) is 3.20. The third-order valence-electron chi connectivity index (χ3n) is 6.54. The molecule has 0 amide bonds. The van der Waals surface area contributed by atoms with Crippen molar-refractivity contribution in [3.05, 3.63) is 115 Å². The van der Waals surface area contributed by atoms with E-state index in [9.17, 15) is 0 Å². The lowest BCUT2D eigenvalue weighted by Gasteiger charge is -2.13. The van der Waals surface area contributed by atoms with Crippen molar-refractivity contribution in [1.29, 1.82) is 0 Å². The highest BCUT2D eigenvalue weighted by atomic mass is 15.0. The summed E-state index contributed by atoms with van der Waals surface area (Å²) in [6, 6.07) is 41.7. The van der Waals surface area contributed by atoms with Crippen LogP contribution in [0.1, 0.15) is 0 Å². The molecule has 6 aromatic carbocycles. The van der Waals surface area contributed by atoms with Gasteiger partial charge >= 0.3 is 0 Å². The van der Waals surface area contributed by atoms with Gasteiger partial charge in [-0.2, -0.15) is 0 Å². The highest BCUT2D eigenvalue weighted by molar-refractivity contribution is 6.36. The molecule has 0 saturated carbocycles. The van der Waals surface area contributed by atoms with Gasteiger partial charge in [0.25, 0.3) is 0 Å². The van der Waals surface area contributed by atoms with Gasteiger partial charge in [-0.05, 0) is 45.1 Å². The molecule has 0 bridgehead atoms. The number of para-hydroxylation sites is 2. The van der Waals surface area contributed by atoms with Crippen molar-refractivity contribution in [3.63, 3.8) is 0 Å². The fourth-order valence-electron chi connectivity index (χ4n) is 5.29. The van der Waals surface area contributed by atoms with Gasteiger partial charge in [-0.15, -0.1) is 0 Å². The second-order valence-electron chi connectivity index (χ2n) is 8.17. The van der Waals surface area contributed by atoms with E-state index in [1.54, 1.807) is 0 Å². The van der Waals surface area contributed by atoms with Gasteiger partial charge in [0.2, 0.25) is 0 Å². The van der Waals surface area contributed by atoms with Crippen LogP contribution < -0.4 is 0 Å². The minimum atomic E-state index is 1.19. The van der Waals surface area contributed by atoms with E-state index >= 15 is 0 Å². The molecule has 0 fully saturated rings. The molecule has 1 heteroatoms. The second kappa shape index (κ2) is 6.20. The molecule has 144 valence electrons. The molecular weight excluding hydrogens is 374 g/mol. The smallest absolute Gasteiger partial charge is 0.0625 e. The Bertz CT molecular complexity index is 1770. The molecule has 1 heterocycles. The van der Waals surface area contributed by atoms with Gasteiger partial charge in [0.15, 0.2) is 0 Å². The van der Waals surface area contributed by atoms with Crippen LogP contribution in [0, 0.1) is 0 Å². The first kappa shape index (κ1) is 16.7. The van der Waals surface area contributed by atoms with Crippen LogP contribution in [-0.2, 0) is 0 Å². The number of nitrogens with zero attached hydrogens (tertiary/aromatic N) is 1. The number of hydrogen-bond donors (Lipinski definition) is 0. The quantitative estimate of drug-likeness (QED) is 0.247. The van der Waals surface area contributed by atoms with Crippen LogP contribution in [0.25, 0.3) is 59.8 Å². The Hall–Kier alpha value is -4.10. The van der Waals surface area contributed by atoms with Crippen molar-refractivity contribution < 1.29 is 0 Å². The van der Waals surface area contributed by atoms with Crippen LogP contribution in [0.3, 0.4) is 0 Å². The maximum absolute atomic E-state index is 2.43. The molecule has 7 rings (SSSR count). The van der Waals surface area contributed by atoms with Crippen molar-refractivity contribution in [2.75, 3.05) is 0 Å². The fourth-order valence-corrected chi connectivity index (χ4v) is 5.29. The van der Waals surface area contributed by atoms with Gasteiger partial charge in [-0.25, -0.2) is 0 Å². The third-order valence-corrected chi connectivity index (χ3v) is 6.54. The Labute approximate surface area is 179 Å². The summed E-state index contributed by atoms with van der Waals surface area (Å²) in [4.78, 5) is 0. The Morgan fingerprint density at radius 1 is 0.387 bits per heavy atom. The summed E-state index contributed by atoms with van der Waals surface area (Å²) >= 11 is 0. The lowest BCUT2D eigenvalue weighted by atomic mass is 9.93. The predicted molar refractivity (Wildman–Crippen MR) is 133 cm³/mol. The lowest BCUT2D eigenvalue weighted by molar-refractivity contribution is 1.19. The van der Waals surface area contributed by atoms with Gasteiger partial charge in [0, 0.05) is 21.8 Å². The van der Waals surface area contributed by atoms with Crippen molar-refractivity contribution in [2.45, 2.75) is 0 Å². The zero-order valence-electron chi connectivity index (χ0n) is 16.9. The van der Waals surface area contributed by atoms with Crippen LogP contribution in [0.5, 0.6) is 0 Å². The van der Waals surface area contributed by atoms with E-state index in [0.717, 1.165) is 0 Å². The summed E-state index contributed by atoms with van der Waals surface area (Å²) in [6.45, 7) is 0. The third kappa shape index (κ3) is 2.21. The number of hydrogen-bond acceptors (Lipinski definition) is 0. The monoisotopic (exact) mass is 393 g/mol. The van der Waals surface area contributed by atoms with Crippen molar-refractivity contribution >= 4 is 54.1 Å². The van der Waals surface area contributed by atoms with Gasteiger partial charge in [0.05, 0.1) is 11.0 Å². The lowest BCUT2D eigenvalue weighted by Crippen LogP contribution is -1.94. The number of aromatic nitrogens is 1. The number of benzene rings is 6. The van der Waals surface area contributed by atoms with Gasteiger partial charge in [-0.3, -0.25) is 0 Å². The highest BCUT2D eigenvalue weighted by Gasteiger charge is 2.19. The van der Waals surface area contributed by atoms with E-state index in [4.69, 9.17) is 0 Å². The number of fused-ring (bicyclic) bond motifs is 10. The molecule has 7 aromatic rings. The van der Waals surface area contributed by atoms with Crippen molar-refractivity contribution in [1.82, 2.24) is 4.57 Å². The summed E-state index contributed by atoms with van der Waals surface area (Å²) < 4.78 is 2.43. The summed E-state index contributed by atoms with van der Waals surface area (Å²) in [7, 11) is 0. The minimum absolute atomic E-state index is 1.19. The van der Waals surface area contributed by atoms with Crippen molar-refractivity contribution in [3.8, 4) is 5.69 Å². The van der Waals surface area contributed by atoms with Crippen LogP contribution in [-0.4, -0.2) is 4.57 Å². The summed E-state index contributed by atoms with van der Waals surface area (Å²) in [6.07, 6.45) is 0. The Morgan fingerprint density at radius 2 is 1.03 bits per heavy atom. The van der Waals surface area contributed by atoms with E-state index in [2.05, 4.69) is 120 Å². The van der Waals surface area contributed by atoms with Crippen LogP contribution >= 0.6 is 0 Å². The molecule has 1 nitrogen and oxygen atoms in total. The molecule has 0 saturated heterocycles. The Balaban J connectivity index is 1.87. The van der Waals surface area contributed by atoms with Gasteiger partial charge in [0.1, 0.15) is 0 Å². The van der Waals surface area contributed by atoms with E-state index < -0.39 is 0 Å². The SMILES string of the molecule is c1ccc(-n2c3ccccc3c3c4ccc5ccccc5c4c4ccccc4c32)cc1. The molecule has 0 radical (unpaired) electrons. The van der Waals surface area contributed by atoms with Gasteiger partial charge in [-0.1, -0.05) is 97.1 Å². The topological polar surface area (TPSA) is 4.93 Å². The number of rotatable bonds is 1. The molecule has 0 spiro atoms. The Morgan fingerprint density at radius 3 is 1.87 bits per heavy atom. The molecule has 31 heavy (non-hydrogen) atoms. The highest BCUT2D eigenvalue weighted by Crippen LogP contribution is 2.44. The standard InChI is InChI=1S/C30H19N/c1-2-11-21(12-3-1)31-27-17-9-8-16-25(27)29-26-19-18-20-10-4-5-13-22(20)28(26)23-14-6-7-15-24(23)30(29)31/h1-19H. The first-order valence-electron chi connectivity index (χ1n) is 10.7. The minimum Gasteiger partial charge on any atom is -0.309 e. The zero-order valence-corrected chi connectivity index (χ0v) is 16.9. The van der Waals surface area contributed by atoms with Gasteiger partial charge < -0.3 is 4.57 Å². The molecule has 0 N–H and O–H groups in total. The van der Waals surface area contributed by atoms with Crippen LogP contribution in [0.15, 0.2) is 115 Å². The normalized spacial score (nSPS) is 11.9. The maximum Gasteiger partial charge on any atom is 0.0625 e.